The van der Waals surface area contributed by atoms with Crippen molar-refractivity contribution in [3.63, 3.8) is 0 Å². The van der Waals surface area contributed by atoms with Crippen molar-refractivity contribution in [2.24, 2.45) is 0 Å². The topological polar surface area (TPSA) is 0 Å². The number of hydrogen-bond acceptors (Lipinski definition) is 0. The third kappa shape index (κ3) is 39.4. The number of hydrogen-bond donors (Lipinski definition) is 0. The molecule has 0 N–H and O–H groups in total. The van der Waals surface area contributed by atoms with E-state index in [1.54, 1.807) is 0 Å². The molecule has 35 valence electrons. The second-order valence-corrected chi connectivity index (χ2v) is 0. The first kappa shape index (κ1) is 22.5. The Bertz CT molecular complexity index is 10.1. The Hall–Kier alpha value is 4.11. The summed E-state index contributed by atoms with van der Waals surface area (Å²) in [5.74, 6) is 0. The molecule has 7 heavy (non-hydrogen) atoms. The van der Waals surface area contributed by atoms with E-state index >= 15 is 0 Å². The molecule has 0 saturated heterocycles. The summed E-state index contributed by atoms with van der Waals surface area (Å²) in [6.45, 7) is 0. The zero-order valence-electron chi connectivity index (χ0n) is 3.96. The number of rotatable bonds is 0. The Labute approximate surface area is 107 Å². The first-order valence-corrected chi connectivity index (χ1v) is 21.1. The van der Waals surface area contributed by atoms with Gasteiger partial charge >= 0.3 is 99.4 Å². The van der Waals surface area contributed by atoms with E-state index in [9.17, 15) is 0 Å². The minimum atomic E-state index is 0. The second kappa shape index (κ2) is 49.7. The molecule has 0 nitrogen and oxygen atoms in total. The molecular weight excluding hydrogens is 739 g/mol. The van der Waals surface area contributed by atoms with Gasteiger partial charge in [-0.05, 0) is 0 Å². The Balaban J connectivity index is -0.00000000900. The van der Waals surface area contributed by atoms with Gasteiger partial charge in [0.1, 0.15) is 0 Å². The molecule has 7 heteroatoms. The molecule has 0 spiro atoms. The van der Waals surface area contributed by atoms with Gasteiger partial charge in [-0.2, -0.15) is 9.90 Å². The van der Waals surface area contributed by atoms with Crippen LogP contribution in [0.25, 0.3) is 0 Å². The van der Waals surface area contributed by atoms with Gasteiger partial charge in [0.25, 0.3) is 0 Å². The molecule has 0 aliphatic rings. The summed E-state index contributed by atoms with van der Waals surface area (Å²) < 4.78 is 0. The van der Waals surface area contributed by atoms with E-state index in [0.29, 0.717) is 74.7 Å². The molecule has 0 rings (SSSR count). The van der Waals surface area contributed by atoms with Gasteiger partial charge in [0.2, 0.25) is 0 Å². The molecule has 0 saturated carbocycles. The van der Waals surface area contributed by atoms with Crippen LogP contribution in [0, 0.1) is 0 Å². The van der Waals surface area contributed by atoms with Crippen LogP contribution >= 0.6 is 34.6 Å². The van der Waals surface area contributed by atoms with Crippen molar-refractivity contribution in [2.45, 2.75) is 0 Å². The van der Waals surface area contributed by atoms with Crippen molar-refractivity contribution in [1.29, 1.82) is 0 Å². The van der Waals surface area contributed by atoms with Gasteiger partial charge in [0.15, 0.2) is 0 Å². The van der Waals surface area contributed by atoms with Crippen molar-refractivity contribution in [2.75, 3.05) is 0 Å². The molecule has 0 aliphatic carbocycles. The van der Waals surface area contributed by atoms with Crippen molar-refractivity contribution < 1.29 is 74.7 Å². The third-order valence-electron chi connectivity index (χ3n) is 0. The van der Waals surface area contributed by atoms with E-state index in [4.69, 9.17) is 24.7 Å². The summed E-state index contributed by atoms with van der Waals surface area (Å²) in [7, 11) is 14.5. The van der Waals surface area contributed by atoms with Gasteiger partial charge in [-0.15, -0.1) is 0 Å². The molecule has 0 fully saturated rings. The molecular formula is H3Cl3Hg3P. The van der Waals surface area contributed by atoms with Gasteiger partial charge < -0.3 is 0 Å². The molecule has 0 bridgehead atoms. The molecule has 0 aromatic heterocycles. The van der Waals surface area contributed by atoms with Crippen molar-refractivity contribution in [3.8, 4) is 0 Å². The van der Waals surface area contributed by atoms with Crippen molar-refractivity contribution in [1.82, 2.24) is 0 Å². The van der Waals surface area contributed by atoms with E-state index in [0.717, 1.165) is 0 Å². The van der Waals surface area contributed by atoms with Crippen molar-refractivity contribution in [3.05, 3.63) is 0 Å². The van der Waals surface area contributed by atoms with Crippen molar-refractivity contribution >= 4 is 34.6 Å². The molecule has 0 radical (unpaired) electrons. The summed E-state index contributed by atoms with van der Waals surface area (Å²) in [5.41, 5.74) is 0. The first-order valence-electron chi connectivity index (χ1n) is 0.802. The molecule has 0 aromatic rings. The summed E-state index contributed by atoms with van der Waals surface area (Å²) in [6, 6.07) is 0. The van der Waals surface area contributed by atoms with Crippen LogP contribution in [0.1, 0.15) is 0 Å². The second-order valence-electron chi connectivity index (χ2n) is 0. The molecule has 0 amide bonds. The Kier molecular flexibility index (Phi) is 160. The van der Waals surface area contributed by atoms with Gasteiger partial charge in [0.05, 0.1) is 0 Å². The van der Waals surface area contributed by atoms with Crippen LogP contribution in [0.4, 0.5) is 0 Å². The normalized spacial score (nSPS) is 3.00. The van der Waals surface area contributed by atoms with Crippen LogP contribution in [0.15, 0.2) is 0 Å². The first-order chi connectivity index (χ1) is 3.00. The standard InChI is InChI=1S/3ClH.3Hg.H3P/h3*1H;;;;1H3/q;;;3*+1;/p-3. The van der Waals surface area contributed by atoms with E-state index in [1.165, 1.54) is 0 Å². The van der Waals surface area contributed by atoms with Gasteiger partial charge in [0, 0.05) is 0 Å². The van der Waals surface area contributed by atoms with Crippen LogP contribution in [0.3, 0.4) is 0 Å². The van der Waals surface area contributed by atoms with E-state index in [2.05, 4.69) is 0 Å². The van der Waals surface area contributed by atoms with E-state index in [-0.39, 0.29) is 9.90 Å². The maximum atomic E-state index is 4.83. The van der Waals surface area contributed by atoms with Gasteiger partial charge in [-0.3, -0.25) is 0 Å². The predicted octanol–water partition coefficient (Wildman–Crippen LogP) is 2.12. The Morgan fingerprint density at radius 2 is 0.571 bits per heavy atom. The fourth-order valence-electron chi connectivity index (χ4n) is 0. The van der Waals surface area contributed by atoms with Crippen LogP contribution in [-0.2, 0) is 74.7 Å². The van der Waals surface area contributed by atoms with Crippen LogP contribution in [-0.4, -0.2) is 0 Å². The van der Waals surface area contributed by atoms with Crippen LogP contribution in [0.2, 0.25) is 0 Å². The maximum absolute atomic E-state index is 4.83. The van der Waals surface area contributed by atoms with Crippen LogP contribution < -0.4 is 0 Å². The summed E-state index contributed by atoms with van der Waals surface area (Å²) in [6.07, 6.45) is 0. The Morgan fingerprint density at radius 3 is 0.571 bits per heavy atom. The Morgan fingerprint density at radius 1 is 0.571 bits per heavy atom. The SMILES string of the molecule is P.[Cl][Hg].[Cl][Hg].[Cl][Hg]. The third-order valence-corrected chi connectivity index (χ3v) is 0. The predicted molar refractivity (Wildman–Crippen MR) is 28.7 cm³/mol. The minimum absolute atomic E-state index is 0. The monoisotopic (exact) mass is 745 g/mol. The molecule has 1 atom stereocenters. The molecule has 0 aromatic carbocycles. The molecule has 0 heterocycles. The zero-order chi connectivity index (χ0) is 6.00. The zero-order valence-corrected chi connectivity index (χ0v) is 24.1. The van der Waals surface area contributed by atoms with Gasteiger partial charge in [-0.1, -0.05) is 0 Å². The fourth-order valence-corrected chi connectivity index (χ4v) is 0. The van der Waals surface area contributed by atoms with E-state index < -0.39 is 0 Å². The fraction of sp³-hybridized carbons (Fsp3) is 0. The average molecular weight is 742 g/mol. The molecule has 1 unspecified atom stereocenters. The average Bonchev–Trinajstić information content (AvgIpc) is 1.81. The summed E-state index contributed by atoms with van der Waals surface area (Å²) in [4.78, 5) is 0. The van der Waals surface area contributed by atoms with Gasteiger partial charge in [-0.25, -0.2) is 0 Å². The van der Waals surface area contributed by atoms with Crippen LogP contribution in [0.5, 0.6) is 0 Å². The summed E-state index contributed by atoms with van der Waals surface area (Å²) >= 11 is 1.50. The number of halogens is 3. The summed E-state index contributed by atoms with van der Waals surface area (Å²) in [5, 5.41) is 0. The quantitative estimate of drug-likeness (QED) is 0.264. The van der Waals surface area contributed by atoms with E-state index in [1.807, 2.05) is 0 Å². The molecule has 0 aliphatic heterocycles.